The van der Waals surface area contributed by atoms with Crippen LogP contribution >= 0.6 is 0 Å². The average Bonchev–Trinajstić information content (AvgIpc) is 2.34. The molecule has 0 aromatic carbocycles. The van der Waals surface area contributed by atoms with Crippen molar-refractivity contribution in [1.82, 2.24) is 4.98 Å². The van der Waals surface area contributed by atoms with Gasteiger partial charge in [0.1, 0.15) is 17.6 Å². The van der Waals surface area contributed by atoms with E-state index in [0.717, 1.165) is 6.20 Å². The molecule has 1 unspecified atom stereocenters. The standard InChI is InChI=1S/C13H19N3O4/c1-8(13(2,3)4)6-14-11-5-9(12(17)18)10(7-15-11)16(19)20/h5,7-8H,6H2,1-4H3,(H,14,15)(H,17,18). The molecule has 1 rings (SSSR count). The summed E-state index contributed by atoms with van der Waals surface area (Å²) in [6, 6.07) is 1.19. The van der Waals surface area contributed by atoms with E-state index in [1.807, 2.05) is 0 Å². The SMILES string of the molecule is CC(CNc1cc(C(=O)O)c([N+](=O)[O-])cn1)C(C)(C)C. The van der Waals surface area contributed by atoms with Gasteiger partial charge >= 0.3 is 11.7 Å². The summed E-state index contributed by atoms with van der Waals surface area (Å²) in [7, 11) is 0. The van der Waals surface area contributed by atoms with Crippen molar-refractivity contribution in [3.8, 4) is 0 Å². The van der Waals surface area contributed by atoms with Gasteiger partial charge in [0.25, 0.3) is 0 Å². The van der Waals surface area contributed by atoms with Crippen LogP contribution < -0.4 is 5.32 Å². The lowest BCUT2D eigenvalue weighted by Gasteiger charge is -2.27. The highest BCUT2D eigenvalue weighted by Gasteiger charge is 2.22. The number of nitrogens with one attached hydrogen (secondary N) is 1. The van der Waals surface area contributed by atoms with Crippen molar-refractivity contribution in [3.63, 3.8) is 0 Å². The third-order valence-corrected chi connectivity index (χ3v) is 3.38. The van der Waals surface area contributed by atoms with Crippen LogP contribution in [0.5, 0.6) is 0 Å². The van der Waals surface area contributed by atoms with Gasteiger partial charge in [-0.15, -0.1) is 0 Å². The largest absolute Gasteiger partial charge is 0.477 e. The number of carbonyl (C=O) groups is 1. The first-order chi connectivity index (χ1) is 9.12. The lowest BCUT2D eigenvalue weighted by Crippen LogP contribution is -2.25. The van der Waals surface area contributed by atoms with E-state index in [0.29, 0.717) is 18.3 Å². The minimum atomic E-state index is -1.34. The zero-order chi connectivity index (χ0) is 15.5. The number of aromatic nitrogens is 1. The first-order valence-corrected chi connectivity index (χ1v) is 6.24. The smallest absolute Gasteiger partial charge is 0.342 e. The third-order valence-electron chi connectivity index (χ3n) is 3.38. The molecule has 1 heterocycles. The van der Waals surface area contributed by atoms with Crippen LogP contribution in [0.25, 0.3) is 0 Å². The molecule has 0 radical (unpaired) electrons. The number of rotatable bonds is 5. The number of pyridine rings is 1. The van der Waals surface area contributed by atoms with Crippen molar-refractivity contribution >= 4 is 17.5 Å². The Morgan fingerprint density at radius 1 is 1.55 bits per heavy atom. The number of aromatic carboxylic acids is 1. The van der Waals surface area contributed by atoms with E-state index in [-0.39, 0.29) is 11.0 Å². The Kier molecular flexibility index (Phi) is 4.65. The number of anilines is 1. The highest BCUT2D eigenvalue weighted by Crippen LogP contribution is 2.26. The Morgan fingerprint density at radius 3 is 2.60 bits per heavy atom. The number of carboxylic acid groups (broad SMARTS) is 1. The molecule has 0 aliphatic carbocycles. The number of hydrogen-bond acceptors (Lipinski definition) is 5. The first kappa shape index (κ1) is 15.9. The molecular weight excluding hydrogens is 262 g/mol. The molecule has 0 saturated carbocycles. The molecule has 20 heavy (non-hydrogen) atoms. The molecule has 1 atom stereocenters. The van der Waals surface area contributed by atoms with Crippen LogP contribution in [0.3, 0.4) is 0 Å². The van der Waals surface area contributed by atoms with Gasteiger partial charge in [0, 0.05) is 12.6 Å². The summed E-state index contributed by atoms with van der Waals surface area (Å²) >= 11 is 0. The maximum absolute atomic E-state index is 11.0. The minimum absolute atomic E-state index is 0.101. The summed E-state index contributed by atoms with van der Waals surface area (Å²) in [5, 5.41) is 22.7. The van der Waals surface area contributed by atoms with E-state index in [1.54, 1.807) is 0 Å². The van der Waals surface area contributed by atoms with Gasteiger partial charge in [0.05, 0.1) is 4.92 Å². The second-order valence-corrected chi connectivity index (χ2v) is 5.80. The van der Waals surface area contributed by atoms with Crippen molar-refractivity contribution in [3.05, 3.63) is 27.9 Å². The molecule has 1 aromatic rings. The van der Waals surface area contributed by atoms with Gasteiger partial charge in [-0.2, -0.15) is 0 Å². The molecule has 0 aliphatic heterocycles. The van der Waals surface area contributed by atoms with Gasteiger partial charge in [0.2, 0.25) is 0 Å². The molecule has 2 N–H and O–H groups in total. The highest BCUT2D eigenvalue weighted by atomic mass is 16.6. The molecule has 0 bridgehead atoms. The van der Waals surface area contributed by atoms with E-state index in [2.05, 4.69) is 38.0 Å². The summed E-state index contributed by atoms with van der Waals surface area (Å²) in [6.07, 6.45) is 0.966. The molecule has 1 aromatic heterocycles. The Bertz CT molecular complexity index is 523. The summed E-state index contributed by atoms with van der Waals surface area (Å²) in [6.45, 7) is 8.98. The second kappa shape index (κ2) is 5.85. The molecule has 0 aliphatic rings. The quantitative estimate of drug-likeness (QED) is 0.635. The maximum atomic E-state index is 11.0. The molecule has 7 heteroatoms. The minimum Gasteiger partial charge on any atom is -0.477 e. The van der Waals surface area contributed by atoms with Crippen molar-refractivity contribution in [2.45, 2.75) is 27.7 Å². The Hall–Kier alpha value is -2.18. The molecule has 7 nitrogen and oxygen atoms in total. The van der Waals surface area contributed by atoms with Gasteiger partial charge < -0.3 is 10.4 Å². The number of carboxylic acids is 1. The molecule has 0 saturated heterocycles. The van der Waals surface area contributed by atoms with Gasteiger partial charge in [-0.1, -0.05) is 27.7 Å². The van der Waals surface area contributed by atoms with E-state index >= 15 is 0 Å². The summed E-state index contributed by atoms with van der Waals surface area (Å²) in [5.41, 5.74) is -0.772. The lowest BCUT2D eigenvalue weighted by atomic mass is 9.82. The molecule has 110 valence electrons. The fourth-order valence-electron chi connectivity index (χ4n) is 1.43. The highest BCUT2D eigenvalue weighted by molar-refractivity contribution is 5.93. The van der Waals surface area contributed by atoms with Crippen molar-refractivity contribution < 1.29 is 14.8 Å². The summed E-state index contributed by atoms with van der Waals surface area (Å²) < 4.78 is 0. The van der Waals surface area contributed by atoms with Crippen LogP contribution in [0.15, 0.2) is 12.3 Å². The fourth-order valence-corrected chi connectivity index (χ4v) is 1.43. The second-order valence-electron chi connectivity index (χ2n) is 5.80. The van der Waals surface area contributed by atoms with Crippen LogP contribution in [0, 0.1) is 21.4 Å². The molecule has 0 amide bonds. The van der Waals surface area contributed by atoms with Crippen LogP contribution in [0.1, 0.15) is 38.1 Å². The monoisotopic (exact) mass is 281 g/mol. The Morgan fingerprint density at radius 2 is 2.15 bits per heavy atom. The number of nitro groups is 1. The van der Waals surface area contributed by atoms with Crippen molar-refractivity contribution in [1.29, 1.82) is 0 Å². The van der Waals surface area contributed by atoms with E-state index < -0.39 is 16.6 Å². The Labute approximate surface area is 117 Å². The number of nitrogens with zero attached hydrogens (tertiary/aromatic N) is 2. The van der Waals surface area contributed by atoms with E-state index in [4.69, 9.17) is 5.11 Å². The van der Waals surface area contributed by atoms with Gasteiger partial charge in [-0.25, -0.2) is 9.78 Å². The van der Waals surface area contributed by atoms with Crippen LogP contribution in [0.2, 0.25) is 0 Å². The lowest BCUT2D eigenvalue weighted by molar-refractivity contribution is -0.385. The van der Waals surface area contributed by atoms with Gasteiger partial charge in [0.15, 0.2) is 0 Å². The normalized spacial score (nSPS) is 12.8. The average molecular weight is 281 g/mol. The van der Waals surface area contributed by atoms with Crippen LogP contribution in [-0.4, -0.2) is 27.5 Å². The zero-order valence-corrected chi connectivity index (χ0v) is 12.0. The van der Waals surface area contributed by atoms with Crippen molar-refractivity contribution in [2.24, 2.45) is 11.3 Å². The fraction of sp³-hybridized carbons (Fsp3) is 0.538. The van der Waals surface area contributed by atoms with Crippen molar-refractivity contribution in [2.75, 3.05) is 11.9 Å². The first-order valence-electron chi connectivity index (χ1n) is 6.24. The number of hydrogen-bond donors (Lipinski definition) is 2. The Balaban J connectivity index is 2.91. The van der Waals surface area contributed by atoms with Crippen LogP contribution in [0.4, 0.5) is 11.5 Å². The van der Waals surface area contributed by atoms with E-state index in [1.165, 1.54) is 6.07 Å². The van der Waals surface area contributed by atoms with E-state index in [9.17, 15) is 14.9 Å². The molecule has 0 fully saturated rings. The maximum Gasteiger partial charge on any atom is 0.342 e. The molecule has 0 spiro atoms. The third kappa shape index (κ3) is 3.91. The van der Waals surface area contributed by atoms with Gasteiger partial charge in [-0.05, 0) is 11.3 Å². The zero-order valence-electron chi connectivity index (χ0n) is 12.0. The predicted octanol–water partition coefficient (Wildman–Crippen LogP) is 2.78. The van der Waals surface area contributed by atoms with Gasteiger partial charge in [-0.3, -0.25) is 10.1 Å². The topological polar surface area (TPSA) is 105 Å². The summed E-state index contributed by atoms with van der Waals surface area (Å²) in [5.74, 6) is -0.692. The predicted molar refractivity (Wildman–Crippen MR) is 75.0 cm³/mol. The molecular formula is C13H19N3O4. The van der Waals surface area contributed by atoms with Crippen LogP contribution in [-0.2, 0) is 0 Å². The summed E-state index contributed by atoms with van der Waals surface area (Å²) in [4.78, 5) is 24.9.